The summed E-state index contributed by atoms with van der Waals surface area (Å²) in [4.78, 5) is 26.6. The number of nitrogens with zero attached hydrogens (tertiary/aromatic N) is 2. The van der Waals surface area contributed by atoms with E-state index in [0.29, 0.717) is 25.3 Å². The van der Waals surface area contributed by atoms with Crippen LogP contribution in [-0.4, -0.2) is 40.2 Å². The van der Waals surface area contributed by atoms with E-state index in [2.05, 4.69) is 20.8 Å². The summed E-state index contributed by atoms with van der Waals surface area (Å²) in [7, 11) is 0. The topological polar surface area (TPSA) is 117 Å². The van der Waals surface area contributed by atoms with Crippen LogP contribution in [-0.2, 0) is 4.79 Å². The third kappa shape index (κ3) is 4.25. The molecular weight excluding hydrogens is 276 g/mol. The number of nitrogens with one attached hydrogen (secondary N) is 2. The molecule has 2 heterocycles. The lowest BCUT2D eigenvalue weighted by atomic mass is 10.1. The highest BCUT2D eigenvalue weighted by Gasteiger charge is 2.24. The average Bonchev–Trinajstić information content (AvgIpc) is 3.12. The second-order valence-corrected chi connectivity index (χ2v) is 5.24. The Morgan fingerprint density at radius 3 is 3.05 bits per heavy atom. The van der Waals surface area contributed by atoms with Gasteiger partial charge in [-0.3, -0.25) is 9.59 Å². The number of aromatic nitrogens is 2. The highest BCUT2D eigenvalue weighted by atomic mass is 16.5. The third-order valence-corrected chi connectivity index (χ3v) is 3.52. The molecule has 0 radical (unpaired) electrons. The predicted molar refractivity (Wildman–Crippen MR) is 72.6 cm³/mol. The molecule has 1 aliphatic rings. The van der Waals surface area contributed by atoms with Crippen molar-refractivity contribution in [3.05, 3.63) is 11.7 Å². The van der Waals surface area contributed by atoms with Crippen LogP contribution in [0.2, 0.25) is 0 Å². The largest absolute Gasteiger partial charge is 0.481 e. The van der Waals surface area contributed by atoms with Crippen LogP contribution in [0.4, 0.5) is 0 Å². The van der Waals surface area contributed by atoms with Gasteiger partial charge in [0.05, 0.1) is 12.0 Å². The van der Waals surface area contributed by atoms with Crippen molar-refractivity contribution >= 4 is 11.9 Å². The Hall–Kier alpha value is -1.96. The maximum Gasteiger partial charge on any atom is 0.306 e. The monoisotopic (exact) mass is 296 g/mol. The Kier molecular flexibility index (Phi) is 5.26. The first kappa shape index (κ1) is 15.4. The van der Waals surface area contributed by atoms with Crippen molar-refractivity contribution in [2.45, 2.75) is 38.6 Å². The molecule has 0 spiro atoms. The molecule has 2 rings (SSSR count). The molecule has 2 atom stereocenters. The Morgan fingerprint density at radius 2 is 2.38 bits per heavy atom. The lowest BCUT2D eigenvalue weighted by molar-refractivity contribution is -0.141. The second kappa shape index (κ2) is 7.16. The average molecular weight is 296 g/mol. The summed E-state index contributed by atoms with van der Waals surface area (Å²) >= 11 is 0. The summed E-state index contributed by atoms with van der Waals surface area (Å²) in [5.41, 5.74) is 0. The number of carboxylic acids is 1. The Morgan fingerprint density at radius 1 is 1.57 bits per heavy atom. The molecule has 0 aliphatic carbocycles. The first-order chi connectivity index (χ1) is 10.1. The van der Waals surface area contributed by atoms with Crippen molar-refractivity contribution in [2.24, 2.45) is 5.92 Å². The van der Waals surface area contributed by atoms with Gasteiger partial charge in [0.1, 0.15) is 0 Å². The zero-order chi connectivity index (χ0) is 15.2. The number of rotatable bonds is 7. The van der Waals surface area contributed by atoms with Crippen molar-refractivity contribution in [1.29, 1.82) is 0 Å². The van der Waals surface area contributed by atoms with Crippen LogP contribution < -0.4 is 10.6 Å². The molecule has 21 heavy (non-hydrogen) atoms. The fraction of sp³-hybridized carbons (Fsp3) is 0.692. The lowest BCUT2D eigenvalue weighted by Gasteiger charge is -2.05. The van der Waals surface area contributed by atoms with Gasteiger partial charge in [0.15, 0.2) is 0 Å². The molecule has 8 nitrogen and oxygen atoms in total. The number of carboxylic acid groups (broad SMARTS) is 1. The van der Waals surface area contributed by atoms with E-state index in [-0.39, 0.29) is 11.9 Å². The van der Waals surface area contributed by atoms with E-state index in [0.717, 1.165) is 19.4 Å². The second-order valence-electron chi connectivity index (χ2n) is 5.24. The van der Waals surface area contributed by atoms with E-state index < -0.39 is 17.8 Å². The maximum absolute atomic E-state index is 11.8. The van der Waals surface area contributed by atoms with Crippen molar-refractivity contribution in [3.8, 4) is 0 Å². The van der Waals surface area contributed by atoms with Crippen molar-refractivity contribution < 1.29 is 19.2 Å². The number of carbonyl (C=O) groups is 2. The van der Waals surface area contributed by atoms with Gasteiger partial charge in [-0.1, -0.05) is 12.1 Å². The lowest BCUT2D eigenvalue weighted by Crippen LogP contribution is -2.26. The third-order valence-electron chi connectivity index (χ3n) is 3.52. The van der Waals surface area contributed by atoms with Gasteiger partial charge in [-0.15, -0.1) is 0 Å². The number of aliphatic carboxylic acids is 1. The molecule has 8 heteroatoms. The van der Waals surface area contributed by atoms with E-state index >= 15 is 0 Å². The molecular formula is C13H20N4O4. The molecule has 1 aromatic heterocycles. The Bertz CT molecular complexity index is 496. The summed E-state index contributed by atoms with van der Waals surface area (Å²) in [6.07, 6.45) is 3.08. The molecule has 1 aliphatic heterocycles. The Labute approximate surface area is 122 Å². The van der Waals surface area contributed by atoms with Crippen LogP contribution in [0, 0.1) is 5.92 Å². The summed E-state index contributed by atoms with van der Waals surface area (Å²) in [5.74, 6) is -1.17. The number of hydrogen-bond acceptors (Lipinski definition) is 6. The smallest absolute Gasteiger partial charge is 0.306 e. The highest BCUT2D eigenvalue weighted by Crippen LogP contribution is 2.20. The first-order valence-corrected chi connectivity index (χ1v) is 7.16. The van der Waals surface area contributed by atoms with Gasteiger partial charge in [0.25, 0.3) is 11.7 Å². The fourth-order valence-corrected chi connectivity index (χ4v) is 2.18. The fourth-order valence-electron chi connectivity index (χ4n) is 2.18. The van der Waals surface area contributed by atoms with Crippen LogP contribution >= 0.6 is 0 Å². The molecule has 0 saturated carbocycles. The van der Waals surface area contributed by atoms with Crippen LogP contribution in [0.5, 0.6) is 0 Å². The molecule has 0 bridgehead atoms. The SMILES string of the molecule is CC(CCCNC(=O)c1noc(C2CCCN2)n1)C(=O)O. The van der Waals surface area contributed by atoms with E-state index in [9.17, 15) is 9.59 Å². The predicted octanol–water partition coefficient (Wildman–Crippen LogP) is 0.725. The van der Waals surface area contributed by atoms with Gasteiger partial charge in [-0.2, -0.15) is 4.98 Å². The van der Waals surface area contributed by atoms with Crippen LogP contribution in [0.25, 0.3) is 0 Å². The van der Waals surface area contributed by atoms with Gasteiger partial charge in [-0.05, 0) is 32.2 Å². The number of carbonyl (C=O) groups excluding carboxylic acids is 1. The van der Waals surface area contributed by atoms with Gasteiger partial charge in [-0.25, -0.2) is 0 Å². The molecule has 116 valence electrons. The quantitative estimate of drug-likeness (QED) is 0.635. The normalized spacial score (nSPS) is 19.4. The zero-order valence-electron chi connectivity index (χ0n) is 12.0. The summed E-state index contributed by atoms with van der Waals surface area (Å²) in [6, 6.07) is 0.0375. The molecule has 3 N–H and O–H groups in total. The molecule has 1 saturated heterocycles. The van der Waals surface area contributed by atoms with E-state index in [4.69, 9.17) is 9.63 Å². The van der Waals surface area contributed by atoms with Gasteiger partial charge >= 0.3 is 5.97 Å². The summed E-state index contributed by atoms with van der Waals surface area (Å²) in [5, 5.41) is 18.3. The van der Waals surface area contributed by atoms with Crippen molar-refractivity contribution in [1.82, 2.24) is 20.8 Å². The number of hydrogen-bond donors (Lipinski definition) is 3. The minimum absolute atomic E-state index is 0.0185. The van der Waals surface area contributed by atoms with E-state index in [1.165, 1.54) is 0 Å². The molecule has 1 aromatic rings. The zero-order valence-corrected chi connectivity index (χ0v) is 12.0. The first-order valence-electron chi connectivity index (χ1n) is 7.16. The minimum atomic E-state index is -0.826. The summed E-state index contributed by atoms with van der Waals surface area (Å²) < 4.78 is 5.08. The van der Waals surface area contributed by atoms with Crippen molar-refractivity contribution in [2.75, 3.05) is 13.1 Å². The minimum Gasteiger partial charge on any atom is -0.481 e. The van der Waals surface area contributed by atoms with Crippen LogP contribution in [0.1, 0.15) is 55.2 Å². The summed E-state index contributed by atoms with van der Waals surface area (Å²) in [6.45, 7) is 2.95. The van der Waals surface area contributed by atoms with Gasteiger partial charge in [0, 0.05) is 6.54 Å². The standard InChI is InChI=1S/C13H20N4O4/c1-8(13(19)20)4-2-7-15-11(18)10-16-12(21-17-10)9-5-3-6-14-9/h8-9,14H,2-7H2,1H3,(H,15,18)(H,19,20). The van der Waals surface area contributed by atoms with Gasteiger partial charge < -0.3 is 20.3 Å². The molecule has 1 amide bonds. The Balaban J connectivity index is 1.74. The molecule has 2 unspecified atom stereocenters. The van der Waals surface area contributed by atoms with Gasteiger partial charge in [0.2, 0.25) is 5.89 Å². The molecule has 0 aromatic carbocycles. The van der Waals surface area contributed by atoms with Crippen molar-refractivity contribution in [3.63, 3.8) is 0 Å². The number of amides is 1. The highest BCUT2D eigenvalue weighted by molar-refractivity contribution is 5.90. The van der Waals surface area contributed by atoms with Crippen LogP contribution in [0.15, 0.2) is 4.52 Å². The van der Waals surface area contributed by atoms with E-state index in [1.807, 2.05) is 0 Å². The van der Waals surface area contributed by atoms with E-state index in [1.54, 1.807) is 6.92 Å². The van der Waals surface area contributed by atoms with Crippen LogP contribution in [0.3, 0.4) is 0 Å². The maximum atomic E-state index is 11.8. The molecule has 1 fully saturated rings.